The number of benzene rings is 1. The van der Waals surface area contributed by atoms with Crippen molar-refractivity contribution in [2.24, 2.45) is 0 Å². The van der Waals surface area contributed by atoms with Gasteiger partial charge in [-0.1, -0.05) is 23.7 Å². The van der Waals surface area contributed by atoms with Crippen molar-refractivity contribution in [2.45, 2.75) is 12.2 Å². The Morgan fingerprint density at radius 2 is 2.39 bits per heavy atom. The Bertz CT molecular complexity index is 515. The summed E-state index contributed by atoms with van der Waals surface area (Å²) in [5.41, 5.74) is 0.968. The molecule has 0 radical (unpaired) electrons. The fourth-order valence-electron chi connectivity index (χ4n) is 2.51. The molecule has 2 unspecified atom stereocenters. The Hall–Kier alpha value is -1.34. The largest absolute Gasteiger partial charge is 0.453 e. The molecular weight excluding hydrogens is 320 g/mol. The molecule has 1 heterocycles. The molecule has 1 amide bonds. The van der Waals surface area contributed by atoms with Gasteiger partial charge in [0.1, 0.15) is 12.2 Å². The molecule has 6 nitrogen and oxygen atoms in total. The number of ether oxygens (including phenoxy) is 3. The topological polar surface area (TPSA) is 60.0 Å². The van der Waals surface area contributed by atoms with Crippen molar-refractivity contribution in [2.75, 3.05) is 47.0 Å². The van der Waals surface area contributed by atoms with E-state index in [2.05, 4.69) is 22.0 Å². The molecule has 1 fully saturated rings. The third-order valence-corrected chi connectivity index (χ3v) is 3.90. The summed E-state index contributed by atoms with van der Waals surface area (Å²) >= 11 is 6.10. The molecule has 1 aromatic rings. The summed E-state index contributed by atoms with van der Waals surface area (Å²) in [6.45, 7) is 3.08. The number of alkyl carbamates (subject to hydrolysis) is 1. The van der Waals surface area contributed by atoms with Crippen LogP contribution in [0.15, 0.2) is 24.3 Å². The van der Waals surface area contributed by atoms with E-state index in [4.69, 9.17) is 21.1 Å². The van der Waals surface area contributed by atoms with Gasteiger partial charge in [0.15, 0.2) is 0 Å². The molecule has 1 aliphatic rings. The summed E-state index contributed by atoms with van der Waals surface area (Å²) in [5.74, 6) is 0. The number of amides is 1. The number of methoxy groups -OCH3 is 1. The van der Waals surface area contributed by atoms with Gasteiger partial charge >= 0.3 is 6.09 Å². The maximum Gasteiger partial charge on any atom is 0.406 e. The first-order valence-electron chi connectivity index (χ1n) is 7.59. The Labute approximate surface area is 141 Å². The van der Waals surface area contributed by atoms with E-state index in [9.17, 15) is 4.79 Å². The lowest BCUT2D eigenvalue weighted by Crippen LogP contribution is -2.44. The molecule has 128 valence electrons. The Balaban J connectivity index is 2.00. The van der Waals surface area contributed by atoms with Gasteiger partial charge < -0.3 is 24.4 Å². The van der Waals surface area contributed by atoms with Gasteiger partial charge in [-0.2, -0.15) is 0 Å². The third-order valence-electron chi connectivity index (χ3n) is 3.67. The number of nitrogens with one attached hydrogen (secondary N) is 1. The van der Waals surface area contributed by atoms with E-state index in [0.29, 0.717) is 24.8 Å². The van der Waals surface area contributed by atoms with Gasteiger partial charge in [-0.3, -0.25) is 0 Å². The average Bonchev–Trinajstić information content (AvgIpc) is 2.54. The van der Waals surface area contributed by atoms with E-state index >= 15 is 0 Å². The van der Waals surface area contributed by atoms with Crippen molar-refractivity contribution in [3.8, 4) is 0 Å². The van der Waals surface area contributed by atoms with Crippen LogP contribution in [-0.2, 0) is 14.2 Å². The van der Waals surface area contributed by atoms with Gasteiger partial charge in [0.2, 0.25) is 0 Å². The third kappa shape index (κ3) is 5.66. The highest BCUT2D eigenvalue weighted by atomic mass is 35.5. The minimum atomic E-state index is -0.471. The molecule has 2 rings (SSSR count). The van der Waals surface area contributed by atoms with Crippen LogP contribution >= 0.6 is 11.6 Å². The van der Waals surface area contributed by atoms with Crippen molar-refractivity contribution < 1.29 is 19.0 Å². The monoisotopic (exact) mass is 342 g/mol. The number of carbonyl (C=O) groups is 1. The molecule has 0 spiro atoms. The Morgan fingerprint density at radius 1 is 1.57 bits per heavy atom. The van der Waals surface area contributed by atoms with E-state index in [1.54, 1.807) is 0 Å². The second-order valence-corrected chi connectivity index (χ2v) is 5.87. The summed E-state index contributed by atoms with van der Waals surface area (Å²) in [5, 5.41) is 3.26. The lowest BCUT2D eigenvalue weighted by Gasteiger charge is -2.35. The number of morpholine rings is 1. The summed E-state index contributed by atoms with van der Waals surface area (Å²) in [7, 11) is 3.39. The summed E-state index contributed by atoms with van der Waals surface area (Å²) in [4.78, 5) is 13.3. The SMILES string of the molecule is COC(=O)NCCOC(c1cccc(Cl)c1)C1CN(C)CCO1. The molecule has 0 aromatic heterocycles. The number of hydrogen-bond donors (Lipinski definition) is 1. The minimum Gasteiger partial charge on any atom is -0.453 e. The van der Waals surface area contributed by atoms with Crippen molar-refractivity contribution in [3.63, 3.8) is 0 Å². The molecule has 23 heavy (non-hydrogen) atoms. The second kappa shape index (κ2) is 9.08. The van der Waals surface area contributed by atoms with Crippen LogP contribution in [0.5, 0.6) is 0 Å². The van der Waals surface area contributed by atoms with Gasteiger partial charge in [-0.05, 0) is 24.7 Å². The molecule has 7 heteroatoms. The van der Waals surface area contributed by atoms with Gasteiger partial charge in [-0.25, -0.2) is 4.79 Å². The van der Waals surface area contributed by atoms with Crippen LogP contribution in [0, 0.1) is 0 Å². The number of likely N-dealkylation sites (N-methyl/N-ethyl adjacent to an activating group) is 1. The summed E-state index contributed by atoms with van der Waals surface area (Å²) in [6, 6.07) is 7.59. The van der Waals surface area contributed by atoms with E-state index in [0.717, 1.165) is 18.7 Å². The van der Waals surface area contributed by atoms with Crippen LogP contribution in [0.1, 0.15) is 11.7 Å². The summed E-state index contributed by atoms with van der Waals surface area (Å²) < 4.78 is 16.4. The number of hydrogen-bond acceptors (Lipinski definition) is 5. The predicted molar refractivity (Wildman–Crippen MR) is 87.8 cm³/mol. The molecule has 1 saturated heterocycles. The zero-order valence-electron chi connectivity index (χ0n) is 13.5. The van der Waals surface area contributed by atoms with Crippen LogP contribution in [-0.4, -0.2) is 64.1 Å². The van der Waals surface area contributed by atoms with Crippen molar-refractivity contribution in [1.82, 2.24) is 10.2 Å². The highest BCUT2D eigenvalue weighted by molar-refractivity contribution is 6.30. The molecule has 0 saturated carbocycles. The summed E-state index contributed by atoms with van der Waals surface area (Å²) in [6.07, 6.45) is -0.789. The maximum absolute atomic E-state index is 11.1. The van der Waals surface area contributed by atoms with Gasteiger partial charge in [0, 0.05) is 24.7 Å². The lowest BCUT2D eigenvalue weighted by molar-refractivity contribution is -0.109. The van der Waals surface area contributed by atoms with Crippen LogP contribution in [0.3, 0.4) is 0 Å². The first-order valence-corrected chi connectivity index (χ1v) is 7.97. The molecule has 1 aromatic carbocycles. The fraction of sp³-hybridized carbons (Fsp3) is 0.562. The maximum atomic E-state index is 11.1. The number of rotatable bonds is 6. The number of carbonyl (C=O) groups excluding carboxylic acids is 1. The zero-order valence-corrected chi connectivity index (χ0v) is 14.2. The Kier molecular flexibility index (Phi) is 7.11. The smallest absolute Gasteiger partial charge is 0.406 e. The van der Waals surface area contributed by atoms with Crippen LogP contribution in [0.2, 0.25) is 5.02 Å². The van der Waals surface area contributed by atoms with Gasteiger partial charge in [0.25, 0.3) is 0 Å². The molecule has 1 N–H and O–H groups in total. The standard InChI is InChI=1S/C16H23ClN2O4/c1-19-7-9-22-14(11-19)15(12-4-3-5-13(17)10-12)23-8-6-18-16(20)21-2/h3-5,10,14-15H,6-9,11H2,1-2H3,(H,18,20). The normalized spacial score (nSPS) is 20.0. The Morgan fingerprint density at radius 3 is 3.09 bits per heavy atom. The van der Waals surface area contributed by atoms with Crippen LogP contribution < -0.4 is 5.32 Å². The van der Waals surface area contributed by atoms with Crippen LogP contribution in [0.25, 0.3) is 0 Å². The van der Waals surface area contributed by atoms with E-state index in [1.165, 1.54) is 7.11 Å². The van der Waals surface area contributed by atoms with Crippen LogP contribution in [0.4, 0.5) is 4.79 Å². The zero-order chi connectivity index (χ0) is 16.7. The average molecular weight is 343 g/mol. The highest BCUT2D eigenvalue weighted by Gasteiger charge is 2.29. The number of halogens is 1. The van der Waals surface area contributed by atoms with E-state index in [-0.39, 0.29) is 12.2 Å². The fourth-order valence-corrected chi connectivity index (χ4v) is 2.71. The molecular formula is C16H23ClN2O4. The van der Waals surface area contributed by atoms with Crippen molar-refractivity contribution in [1.29, 1.82) is 0 Å². The molecule has 0 bridgehead atoms. The first-order chi connectivity index (χ1) is 11.1. The minimum absolute atomic E-state index is 0.0784. The molecule has 0 aliphatic carbocycles. The van der Waals surface area contributed by atoms with Crippen molar-refractivity contribution >= 4 is 17.7 Å². The van der Waals surface area contributed by atoms with Gasteiger partial charge in [-0.15, -0.1) is 0 Å². The lowest BCUT2D eigenvalue weighted by atomic mass is 10.0. The highest BCUT2D eigenvalue weighted by Crippen LogP contribution is 2.27. The second-order valence-electron chi connectivity index (χ2n) is 5.44. The van der Waals surface area contributed by atoms with Crippen molar-refractivity contribution in [3.05, 3.63) is 34.9 Å². The number of nitrogens with zero attached hydrogens (tertiary/aromatic N) is 1. The van der Waals surface area contributed by atoms with E-state index in [1.807, 2.05) is 24.3 Å². The molecule has 2 atom stereocenters. The van der Waals surface area contributed by atoms with Gasteiger partial charge in [0.05, 0.1) is 20.3 Å². The first kappa shape index (κ1) is 18.0. The molecule has 1 aliphatic heterocycles. The van der Waals surface area contributed by atoms with E-state index < -0.39 is 6.09 Å². The predicted octanol–water partition coefficient (Wildman–Crippen LogP) is 2.08. The quantitative estimate of drug-likeness (QED) is 0.802.